The Kier molecular flexibility index (Phi) is 9.21. The van der Waals surface area contributed by atoms with Gasteiger partial charge in [-0.25, -0.2) is 14.8 Å². The quantitative estimate of drug-likeness (QED) is 0.150. The summed E-state index contributed by atoms with van der Waals surface area (Å²) in [5.41, 5.74) is 4.58. The van der Waals surface area contributed by atoms with E-state index in [1.54, 1.807) is 18.3 Å². The average molecular weight is 774 g/mol. The zero-order valence-corrected chi connectivity index (χ0v) is 30.2. The normalized spacial score (nSPS) is 20.3. The molecular formula is C36H37ClF5N9O3. The smallest absolute Gasteiger partial charge is 0.411 e. The molecule has 3 heterocycles. The largest absolute Gasteiger partial charge is 0.447 e. The Labute approximate surface area is 311 Å². The van der Waals surface area contributed by atoms with Gasteiger partial charge in [0.25, 0.3) is 5.91 Å². The third-order valence-electron chi connectivity index (χ3n) is 9.82. The number of amides is 2. The van der Waals surface area contributed by atoms with Crippen molar-refractivity contribution in [1.82, 2.24) is 34.8 Å². The number of nitrogens with zero attached hydrogens (tertiary/aromatic N) is 7. The van der Waals surface area contributed by atoms with Crippen LogP contribution in [0.5, 0.6) is 0 Å². The number of nitrogens with two attached hydrogens (primary N) is 1. The van der Waals surface area contributed by atoms with Gasteiger partial charge in [-0.3, -0.25) is 14.4 Å². The van der Waals surface area contributed by atoms with Crippen molar-refractivity contribution in [3.63, 3.8) is 0 Å². The summed E-state index contributed by atoms with van der Waals surface area (Å²) in [5.74, 6) is -1.15. The van der Waals surface area contributed by atoms with Gasteiger partial charge in [-0.2, -0.15) is 36.8 Å². The fourth-order valence-electron chi connectivity index (χ4n) is 6.86. The standard InChI is InChI=1S/C36H37ClF5N9O3/c1-33(2,3)18-35(23-7-4-20(5-8-23)22-15-45-49(16-22)24-9-10-24)29(52)50(31(43)47-35)27(17-54-32(53)48-34(12-13-34)36(40,41)42)21-6-11-26(37)25(14-21)28-44-19-46-51(28)30(38)39/h4-8,11,14-16,19,24,27,30H,9-10,12-13,17-18H2,1-3H3,(H2,43,47)(H,48,53)/t27-,35-/m1/s1. The minimum Gasteiger partial charge on any atom is -0.447 e. The van der Waals surface area contributed by atoms with Crippen molar-refractivity contribution in [1.29, 1.82) is 0 Å². The number of aliphatic imine (C=N–C) groups is 1. The van der Waals surface area contributed by atoms with Crippen molar-refractivity contribution in [2.45, 2.75) is 88.8 Å². The lowest BCUT2D eigenvalue weighted by Crippen LogP contribution is -2.50. The first-order valence-corrected chi connectivity index (χ1v) is 17.6. The fraction of sp³-hybridized carbons (Fsp3) is 0.444. The van der Waals surface area contributed by atoms with Gasteiger partial charge in [-0.15, -0.1) is 0 Å². The number of carbonyl (C=O) groups is 2. The van der Waals surface area contributed by atoms with E-state index in [4.69, 9.17) is 27.1 Å². The molecule has 286 valence electrons. The maximum absolute atomic E-state index is 15.0. The number of rotatable bonds is 11. The highest BCUT2D eigenvalue weighted by Gasteiger charge is 2.64. The highest BCUT2D eigenvalue weighted by molar-refractivity contribution is 6.33. The Bertz CT molecular complexity index is 2100. The van der Waals surface area contributed by atoms with E-state index in [0.717, 1.165) is 35.2 Å². The SMILES string of the molecule is CC(C)(C)C[C@]1(c2ccc(-c3cnn(C4CC4)c3)cc2)N=C(N)N([C@H](COC(=O)NC2(C(F)(F)F)CC2)c2ccc(Cl)c(-c3ncnn3C(F)F)c2)C1=O. The number of nitrogens with one attached hydrogen (secondary N) is 1. The van der Waals surface area contributed by atoms with E-state index in [1.807, 2.05) is 49.1 Å². The number of hydrogen-bond acceptors (Lipinski definition) is 8. The van der Waals surface area contributed by atoms with Crippen LogP contribution in [0, 0.1) is 5.41 Å². The highest BCUT2D eigenvalue weighted by Crippen LogP contribution is 2.49. The zero-order chi connectivity index (χ0) is 38.8. The van der Waals surface area contributed by atoms with Crippen LogP contribution in [0.4, 0.5) is 26.7 Å². The molecule has 2 saturated carbocycles. The first kappa shape index (κ1) is 37.3. The van der Waals surface area contributed by atoms with Gasteiger partial charge in [0, 0.05) is 17.3 Å². The van der Waals surface area contributed by atoms with Crippen LogP contribution >= 0.6 is 11.6 Å². The Morgan fingerprint density at radius 1 is 1.07 bits per heavy atom. The molecule has 18 heteroatoms. The number of benzene rings is 2. The molecule has 3 aliphatic rings. The summed E-state index contributed by atoms with van der Waals surface area (Å²) < 4.78 is 76.4. The van der Waals surface area contributed by atoms with E-state index in [-0.39, 0.29) is 47.2 Å². The number of halogens is 6. The van der Waals surface area contributed by atoms with Crippen molar-refractivity contribution >= 4 is 29.6 Å². The van der Waals surface area contributed by atoms with E-state index in [2.05, 4.69) is 15.2 Å². The number of carbonyl (C=O) groups excluding carboxylic acids is 2. The summed E-state index contributed by atoms with van der Waals surface area (Å²) >= 11 is 6.45. The van der Waals surface area contributed by atoms with Gasteiger partial charge in [0.15, 0.2) is 17.3 Å². The second-order valence-corrected chi connectivity index (χ2v) is 15.5. The number of hydrogen-bond donors (Lipinski definition) is 2. The van der Waals surface area contributed by atoms with Crippen molar-refractivity contribution in [2.24, 2.45) is 16.1 Å². The summed E-state index contributed by atoms with van der Waals surface area (Å²) in [5, 5.41) is 9.96. The van der Waals surface area contributed by atoms with Crippen LogP contribution in [0.1, 0.15) is 82.6 Å². The second-order valence-electron chi connectivity index (χ2n) is 15.1. The van der Waals surface area contributed by atoms with Gasteiger partial charge in [-0.1, -0.05) is 62.7 Å². The molecule has 4 aromatic rings. The van der Waals surface area contributed by atoms with E-state index < -0.39 is 53.9 Å². The molecule has 12 nitrogen and oxygen atoms in total. The lowest BCUT2D eigenvalue weighted by molar-refractivity contribution is -0.164. The average Bonchev–Trinajstić information content (AvgIpc) is 3.97. The molecule has 2 fully saturated rings. The molecule has 54 heavy (non-hydrogen) atoms. The molecule has 2 aromatic carbocycles. The van der Waals surface area contributed by atoms with Gasteiger partial charge < -0.3 is 15.8 Å². The van der Waals surface area contributed by atoms with E-state index in [0.29, 0.717) is 16.3 Å². The molecule has 2 aliphatic carbocycles. The van der Waals surface area contributed by atoms with Crippen LogP contribution < -0.4 is 11.1 Å². The number of aromatic nitrogens is 5. The summed E-state index contributed by atoms with van der Waals surface area (Å²) in [4.78, 5) is 37.7. The third kappa shape index (κ3) is 7.00. The summed E-state index contributed by atoms with van der Waals surface area (Å²) in [6.45, 7) is 2.03. The van der Waals surface area contributed by atoms with Gasteiger partial charge in [0.05, 0.1) is 23.3 Å². The first-order valence-electron chi connectivity index (χ1n) is 17.2. The molecule has 0 saturated heterocycles. The summed E-state index contributed by atoms with van der Waals surface area (Å²) in [6, 6.07) is 10.6. The van der Waals surface area contributed by atoms with Gasteiger partial charge in [0.2, 0.25) is 0 Å². The van der Waals surface area contributed by atoms with Crippen LogP contribution in [0.2, 0.25) is 5.02 Å². The Morgan fingerprint density at radius 3 is 2.39 bits per heavy atom. The molecule has 2 atom stereocenters. The molecule has 2 aromatic heterocycles. The minimum absolute atomic E-state index is 0.000805. The first-order chi connectivity index (χ1) is 25.4. The summed E-state index contributed by atoms with van der Waals surface area (Å²) in [7, 11) is 0. The Balaban J connectivity index is 1.26. The molecule has 1 aliphatic heterocycles. The van der Waals surface area contributed by atoms with Crippen LogP contribution in [0.3, 0.4) is 0 Å². The van der Waals surface area contributed by atoms with Gasteiger partial charge in [0.1, 0.15) is 18.5 Å². The number of alkyl carbamates (subject to hydrolysis) is 1. The van der Waals surface area contributed by atoms with Crippen molar-refractivity contribution in [2.75, 3.05) is 6.61 Å². The van der Waals surface area contributed by atoms with Gasteiger partial charge in [-0.05, 0) is 66.3 Å². The fourth-order valence-corrected chi connectivity index (χ4v) is 7.06. The molecule has 7 rings (SSSR count). The molecule has 0 radical (unpaired) electrons. The Hall–Kier alpha value is -5.06. The number of guanidine groups is 1. The molecule has 0 spiro atoms. The van der Waals surface area contributed by atoms with Crippen molar-refractivity contribution < 1.29 is 36.3 Å². The summed E-state index contributed by atoms with van der Waals surface area (Å²) in [6.07, 6.45) is 0.292. The van der Waals surface area contributed by atoms with E-state index in [9.17, 15) is 31.5 Å². The minimum atomic E-state index is -4.71. The van der Waals surface area contributed by atoms with Crippen LogP contribution in [0.25, 0.3) is 22.5 Å². The lowest BCUT2D eigenvalue weighted by atomic mass is 9.75. The molecular weight excluding hydrogens is 737 g/mol. The number of ether oxygens (including phenoxy) is 1. The second kappa shape index (κ2) is 13.4. The third-order valence-corrected chi connectivity index (χ3v) is 10.2. The predicted octanol–water partition coefficient (Wildman–Crippen LogP) is 7.54. The van der Waals surface area contributed by atoms with E-state index in [1.165, 1.54) is 18.2 Å². The molecule has 0 unspecified atom stereocenters. The highest BCUT2D eigenvalue weighted by atomic mass is 35.5. The molecule has 0 bridgehead atoms. The lowest BCUT2D eigenvalue weighted by Gasteiger charge is -2.35. The zero-order valence-electron chi connectivity index (χ0n) is 29.4. The Morgan fingerprint density at radius 2 is 1.78 bits per heavy atom. The van der Waals surface area contributed by atoms with Crippen molar-refractivity contribution in [3.8, 4) is 22.5 Å². The maximum atomic E-state index is 15.0. The van der Waals surface area contributed by atoms with E-state index >= 15 is 0 Å². The van der Waals surface area contributed by atoms with Crippen LogP contribution in [0.15, 0.2) is 66.2 Å². The van der Waals surface area contributed by atoms with Crippen LogP contribution in [-0.2, 0) is 15.1 Å². The monoisotopic (exact) mass is 773 g/mol. The predicted molar refractivity (Wildman–Crippen MR) is 187 cm³/mol. The number of alkyl halides is 5. The molecule has 3 N–H and O–H groups in total. The molecule has 2 amide bonds. The maximum Gasteiger partial charge on any atom is 0.411 e. The van der Waals surface area contributed by atoms with Crippen molar-refractivity contribution in [3.05, 3.63) is 77.3 Å². The van der Waals surface area contributed by atoms with Gasteiger partial charge >= 0.3 is 18.8 Å². The topological polar surface area (TPSA) is 146 Å². The van der Waals surface area contributed by atoms with Crippen LogP contribution in [-0.4, -0.2) is 65.7 Å².